The molecule has 0 atom stereocenters. The van der Waals surface area contributed by atoms with E-state index in [0.29, 0.717) is 0 Å². The number of imidazole rings is 1. The van der Waals surface area contributed by atoms with Gasteiger partial charge in [0, 0.05) is 18.4 Å². The number of aromatic amines is 1. The van der Waals surface area contributed by atoms with Crippen LogP contribution in [0.1, 0.15) is 37.2 Å². The van der Waals surface area contributed by atoms with E-state index in [1.807, 2.05) is 13.1 Å². The smallest absolute Gasteiger partial charge is 0.103 e. The van der Waals surface area contributed by atoms with Crippen molar-refractivity contribution in [2.24, 2.45) is 0 Å². The molecule has 0 unspecified atom stereocenters. The number of hydrogen-bond acceptors (Lipinski definition) is 2. The molecule has 3 heteroatoms. The first-order valence-electron chi connectivity index (χ1n) is 5.57. The Morgan fingerprint density at radius 3 is 2.57 bits per heavy atom. The molecule has 0 radical (unpaired) electrons. The Bertz CT molecular complexity index is 272. The summed E-state index contributed by atoms with van der Waals surface area (Å²) >= 11 is 0. The summed E-state index contributed by atoms with van der Waals surface area (Å²) in [4.78, 5) is 10.0. The standard InChI is InChI=1S/C11H19N3/c1-10-12-8-11(13-10)9-14-6-4-2-3-5-7-14/h8H,2-7,9H2,1H3,(H,12,13). The SMILES string of the molecule is Cc1ncc(CN2CCCCCC2)[nH]1. The molecule has 14 heavy (non-hydrogen) atoms. The fourth-order valence-electron chi connectivity index (χ4n) is 2.09. The van der Waals surface area contributed by atoms with Crippen LogP contribution in [0.3, 0.4) is 0 Å². The summed E-state index contributed by atoms with van der Waals surface area (Å²) in [6.07, 6.45) is 7.47. The van der Waals surface area contributed by atoms with E-state index < -0.39 is 0 Å². The Kier molecular flexibility index (Phi) is 3.19. The lowest BCUT2D eigenvalue weighted by atomic mass is 10.2. The van der Waals surface area contributed by atoms with E-state index in [4.69, 9.17) is 0 Å². The molecule has 2 heterocycles. The van der Waals surface area contributed by atoms with Crippen molar-refractivity contribution in [3.05, 3.63) is 17.7 Å². The van der Waals surface area contributed by atoms with Crippen LogP contribution in [0, 0.1) is 6.92 Å². The molecule has 1 N–H and O–H groups in total. The summed E-state index contributed by atoms with van der Waals surface area (Å²) in [5.41, 5.74) is 1.25. The first-order valence-corrected chi connectivity index (χ1v) is 5.57. The van der Waals surface area contributed by atoms with E-state index in [1.54, 1.807) is 0 Å². The van der Waals surface area contributed by atoms with Crippen molar-refractivity contribution in [3.8, 4) is 0 Å². The Morgan fingerprint density at radius 1 is 1.29 bits per heavy atom. The molecule has 0 amide bonds. The second kappa shape index (κ2) is 4.60. The van der Waals surface area contributed by atoms with Crippen LogP contribution in [0.25, 0.3) is 0 Å². The summed E-state index contributed by atoms with van der Waals surface area (Å²) in [5, 5.41) is 0. The maximum absolute atomic E-state index is 4.22. The van der Waals surface area contributed by atoms with Gasteiger partial charge in [-0.2, -0.15) is 0 Å². The van der Waals surface area contributed by atoms with Crippen LogP contribution >= 0.6 is 0 Å². The molecule has 0 saturated carbocycles. The van der Waals surface area contributed by atoms with Crippen LogP contribution in [0.2, 0.25) is 0 Å². The predicted octanol–water partition coefficient (Wildman–Crippen LogP) is 2.09. The van der Waals surface area contributed by atoms with Gasteiger partial charge in [0.25, 0.3) is 0 Å². The predicted molar refractivity (Wildman–Crippen MR) is 57.1 cm³/mol. The maximum Gasteiger partial charge on any atom is 0.103 e. The lowest BCUT2D eigenvalue weighted by Gasteiger charge is -2.18. The highest BCUT2D eigenvalue weighted by atomic mass is 15.1. The summed E-state index contributed by atoms with van der Waals surface area (Å²) < 4.78 is 0. The maximum atomic E-state index is 4.22. The van der Waals surface area contributed by atoms with Crippen molar-refractivity contribution in [2.45, 2.75) is 39.2 Å². The monoisotopic (exact) mass is 193 g/mol. The number of nitrogens with one attached hydrogen (secondary N) is 1. The third kappa shape index (κ3) is 2.58. The van der Waals surface area contributed by atoms with E-state index in [1.165, 1.54) is 44.5 Å². The van der Waals surface area contributed by atoms with Gasteiger partial charge in [-0.05, 0) is 32.9 Å². The van der Waals surface area contributed by atoms with Crippen LogP contribution in [0.15, 0.2) is 6.20 Å². The average molecular weight is 193 g/mol. The Hall–Kier alpha value is -0.830. The molecule has 0 aliphatic carbocycles. The fraction of sp³-hybridized carbons (Fsp3) is 0.727. The van der Waals surface area contributed by atoms with Gasteiger partial charge in [0.15, 0.2) is 0 Å². The molecule has 2 rings (SSSR count). The lowest BCUT2D eigenvalue weighted by molar-refractivity contribution is 0.274. The molecular weight excluding hydrogens is 174 g/mol. The molecule has 0 spiro atoms. The Morgan fingerprint density at radius 2 is 2.00 bits per heavy atom. The van der Waals surface area contributed by atoms with Crippen LogP contribution in [-0.2, 0) is 6.54 Å². The topological polar surface area (TPSA) is 31.9 Å². The molecule has 1 aliphatic heterocycles. The van der Waals surface area contributed by atoms with Gasteiger partial charge in [-0.1, -0.05) is 12.8 Å². The first-order chi connectivity index (χ1) is 6.84. The average Bonchev–Trinajstić information content (AvgIpc) is 2.43. The normalized spacial score (nSPS) is 19.5. The number of nitrogens with zero attached hydrogens (tertiary/aromatic N) is 2. The summed E-state index contributed by atoms with van der Waals surface area (Å²) in [6, 6.07) is 0. The van der Waals surface area contributed by atoms with Gasteiger partial charge in [-0.3, -0.25) is 4.90 Å². The van der Waals surface area contributed by atoms with E-state index >= 15 is 0 Å². The lowest BCUT2D eigenvalue weighted by Crippen LogP contribution is -2.24. The van der Waals surface area contributed by atoms with Gasteiger partial charge >= 0.3 is 0 Å². The van der Waals surface area contributed by atoms with Crippen LogP contribution in [0.4, 0.5) is 0 Å². The van der Waals surface area contributed by atoms with Crippen LogP contribution < -0.4 is 0 Å². The number of aryl methyl sites for hydroxylation is 1. The number of rotatable bonds is 2. The quantitative estimate of drug-likeness (QED) is 0.780. The minimum atomic E-state index is 1.02. The molecule has 1 saturated heterocycles. The summed E-state index contributed by atoms with van der Waals surface area (Å²) in [6.45, 7) is 5.54. The van der Waals surface area contributed by atoms with Crippen molar-refractivity contribution in [3.63, 3.8) is 0 Å². The van der Waals surface area contributed by atoms with Crippen molar-refractivity contribution in [1.29, 1.82) is 0 Å². The molecule has 0 bridgehead atoms. The van der Waals surface area contributed by atoms with Crippen LogP contribution in [0.5, 0.6) is 0 Å². The third-order valence-electron chi connectivity index (χ3n) is 2.85. The van der Waals surface area contributed by atoms with Gasteiger partial charge in [0.2, 0.25) is 0 Å². The zero-order valence-electron chi connectivity index (χ0n) is 8.92. The molecule has 1 aromatic heterocycles. The van der Waals surface area contributed by atoms with Crippen molar-refractivity contribution < 1.29 is 0 Å². The molecule has 3 nitrogen and oxygen atoms in total. The second-order valence-electron chi connectivity index (χ2n) is 4.18. The fourth-order valence-corrected chi connectivity index (χ4v) is 2.09. The number of likely N-dealkylation sites (tertiary alicyclic amines) is 1. The minimum absolute atomic E-state index is 1.02. The van der Waals surface area contributed by atoms with Gasteiger partial charge in [-0.25, -0.2) is 4.98 Å². The molecule has 78 valence electrons. The van der Waals surface area contributed by atoms with Crippen LogP contribution in [-0.4, -0.2) is 28.0 Å². The minimum Gasteiger partial charge on any atom is -0.345 e. The van der Waals surface area contributed by atoms with Gasteiger partial charge in [0.1, 0.15) is 5.82 Å². The zero-order chi connectivity index (χ0) is 9.80. The van der Waals surface area contributed by atoms with Gasteiger partial charge in [0.05, 0.1) is 0 Å². The van der Waals surface area contributed by atoms with Crippen molar-refractivity contribution >= 4 is 0 Å². The van der Waals surface area contributed by atoms with Crippen molar-refractivity contribution in [1.82, 2.24) is 14.9 Å². The Labute approximate surface area is 85.5 Å². The molecule has 1 aliphatic rings. The highest BCUT2D eigenvalue weighted by molar-refractivity contribution is 4.99. The highest BCUT2D eigenvalue weighted by Gasteiger charge is 2.09. The first kappa shape index (κ1) is 9.71. The molecule has 1 fully saturated rings. The molecular formula is C11H19N3. The second-order valence-corrected chi connectivity index (χ2v) is 4.18. The number of H-pyrrole nitrogens is 1. The summed E-state index contributed by atoms with van der Waals surface area (Å²) in [7, 11) is 0. The van der Waals surface area contributed by atoms with Crippen molar-refractivity contribution in [2.75, 3.05) is 13.1 Å². The Balaban J connectivity index is 1.89. The van der Waals surface area contributed by atoms with E-state index in [9.17, 15) is 0 Å². The van der Waals surface area contributed by atoms with Gasteiger partial charge in [-0.15, -0.1) is 0 Å². The van der Waals surface area contributed by atoms with E-state index in [2.05, 4.69) is 14.9 Å². The number of hydrogen-bond donors (Lipinski definition) is 1. The highest BCUT2D eigenvalue weighted by Crippen LogP contribution is 2.12. The van der Waals surface area contributed by atoms with E-state index in [-0.39, 0.29) is 0 Å². The molecule has 1 aromatic rings. The van der Waals surface area contributed by atoms with Gasteiger partial charge < -0.3 is 4.98 Å². The third-order valence-corrected chi connectivity index (χ3v) is 2.85. The number of aromatic nitrogens is 2. The molecule has 0 aromatic carbocycles. The largest absolute Gasteiger partial charge is 0.345 e. The zero-order valence-corrected chi connectivity index (χ0v) is 8.92. The van der Waals surface area contributed by atoms with E-state index in [0.717, 1.165) is 12.4 Å². The summed E-state index contributed by atoms with van der Waals surface area (Å²) in [5.74, 6) is 1.02.